The normalized spacial score (nSPS) is 17.3. The van der Waals surface area contributed by atoms with E-state index in [4.69, 9.17) is 9.47 Å². The zero-order valence-corrected chi connectivity index (χ0v) is 12.0. The summed E-state index contributed by atoms with van der Waals surface area (Å²) < 4.78 is 10.2. The Balaban J connectivity index is 2.26. The first-order chi connectivity index (χ1) is 9.76. The summed E-state index contributed by atoms with van der Waals surface area (Å²) in [6.45, 7) is 1.94. The Kier molecular flexibility index (Phi) is 5.24. The first kappa shape index (κ1) is 14.7. The highest BCUT2D eigenvalue weighted by molar-refractivity contribution is 5.68. The first-order valence-corrected chi connectivity index (χ1v) is 6.94. The van der Waals surface area contributed by atoms with E-state index in [0.29, 0.717) is 5.92 Å². The highest BCUT2D eigenvalue weighted by Gasteiger charge is 2.28. The van der Waals surface area contributed by atoms with Gasteiger partial charge in [0.25, 0.3) is 0 Å². The Bertz CT molecular complexity index is 444. The van der Waals surface area contributed by atoms with Crippen molar-refractivity contribution in [1.82, 2.24) is 10.6 Å². The standard InChI is InChI=1S/C15H22N2O3/c1-19-13-6-4-3-5-12(13)14(17-15(18)20-2)11-7-9-16-10-8-11/h3-6,11,14,16H,7-10H2,1-2H3,(H,17,18). The van der Waals surface area contributed by atoms with Gasteiger partial charge in [-0.3, -0.25) is 0 Å². The third kappa shape index (κ3) is 3.42. The number of carbonyl (C=O) groups excluding carboxylic acids is 1. The Morgan fingerprint density at radius 3 is 2.65 bits per heavy atom. The lowest BCUT2D eigenvalue weighted by atomic mass is 9.85. The number of para-hydroxylation sites is 1. The molecule has 1 aromatic rings. The zero-order chi connectivity index (χ0) is 14.4. The third-order valence-electron chi connectivity index (χ3n) is 3.79. The molecule has 0 saturated carbocycles. The van der Waals surface area contributed by atoms with Crippen molar-refractivity contribution in [3.05, 3.63) is 29.8 Å². The van der Waals surface area contributed by atoms with Crippen LogP contribution in [0.5, 0.6) is 5.75 Å². The number of alkyl carbamates (subject to hydrolysis) is 1. The van der Waals surface area contributed by atoms with E-state index in [2.05, 4.69) is 10.6 Å². The first-order valence-electron chi connectivity index (χ1n) is 6.94. The van der Waals surface area contributed by atoms with Gasteiger partial charge in [0.05, 0.1) is 20.3 Å². The number of benzene rings is 1. The molecule has 0 bridgehead atoms. The van der Waals surface area contributed by atoms with Gasteiger partial charge >= 0.3 is 6.09 Å². The lowest BCUT2D eigenvalue weighted by Crippen LogP contribution is -2.39. The maximum atomic E-state index is 11.6. The van der Waals surface area contributed by atoms with E-state index >= 15 is 0 Å². The maximum Gasteiger partial charge on any atom is 0.407 e. The Hall–Kier alpha value is -1.75. The van der Waals surface area contributed by atoms with Gasteiger partial charge in [0.2, 0.25) is 0 Å². The SMILES string of the molecule is COC(=O)NC(c1ccccc1OC)C1CCNCC1. The minimum Gasteiger partial charge on any atom is -0.496 e. The minimum absolute atomic E-state index is 0.0827. The van der Waals surface area contributed by atoms with Crippen LogP contribution >= 0.6 is 0 Å². The van der Waals surface area contributed by atoms with Crippen molar-refractivity contribution in [3.8, 4) is 5.75 Å². The predicted octanol–water partition coefficient (Wildman–Crippen LogP) is 2.09. The lowest BCUT2D eigenvalue weighted by Gasteiger charge is -2.32. The highest BCUT2D eigenvalue weighted by atomic mass is 16.5. The largest absolute Gasteiger partial charge is 0.496 e. The Labute approximate surface area is 119 Å². The van der Waals surface area contributed by atoms with Gasteiger partial charge in [-0.05, 0) is 37.9 Å². The van der Waals surface area contributed by atoms with E-state index in [1.54, 1.807) is 7.11 Å². The van der Waals surface area contributed by atoms with Gasteiger partial charge in [0.15, 0.2) is 0 Å². The fraction of sp³-hybridized carbons (Fsp3) is 0.533. The van der Waals surface area contributed by atoms with E-state index in [-0.39, 0.29) is 6.04 Å². The second kappa shape index (κ2) is 7.14. The molecule has 1 saturated heterocycles. The van der Waals surface area contributed by atoms with Crippen LogP contribution in [0, 0.1) is 5.92 Å². The van der Waals surface area contributed by atoms with Crippen LogP contribution in [-0.4, -0.2) is 33.4 Å². The lowest BCUT2D eigenvalue weighted by molar-refractivity contribution is 0.157. The second-order valence-corrected chi connectivity index (χ2v) is 4.94. The molecule has 110 valence electrons. The van der Waals surface area contributed by atoms with Gasteiger partial charge in [-0.1, -0.05) is 18.2 Å². The number of amides is 1. The van der Waals surface area contributed by atoms with Crippen LogP contribution in [0.1, 0.15) is 24.4 Å². The van der Waals surface area contributed by atoms with Crippen LogP contribution in [0.4, 0.5) is 4.79 Å². The van der Waals surface area contributed by atoms with Crippen molar-refractivity contribution in [3.63, 3.8) is 0 Å². The number of methoxy groups -OCH3 is 2. The number of hydrogen-bond acceptors (Lipinski definition) is 4. The van der Waals surface area contributed by atoms with E-state index in [9.17, 15) is 4.79 Å². The molecule has 20 heavy (non-hydrogen) atoms. The molecular formula is C15H22N2O3. The van der Waals surface area contributed by atoms with Crippen molar-refractivity contribution in [1.29, 1.82) is 0 Å². The Morgan fingerprint density at radius 2 is 2.00 bits per heavy atom. The average Bonchev–Trinajstić information content (AvgIpc) is 2.53. The fourth-order valence-electron chi connectivity index (χ4n) is 2.74. The molecular weight excluding hydrogens is 256 g/mol. The monoisotopic (exact) mass is 278 g/mol. The molecule has 1 amide bonds. The summed E-state index contributed by atoms with van der Waals surface area (Å²) in [6, 6.07) is 7.73. The maximum absolute atomic E-state index is 11.6. The summed E-state index contributed by atoms with van der Waals surface area (Å²) in [7, 11) is 3.04. The summed E-state index contributed by atoms with van der Waals surface area (Å²) in [5.74, 6) is 1.18. The molecule has 1 heterocycles. The number of rotatable bonds is 4. The van der Waals surface area contributed by atoms with E-state index in [1.165, 1.54) is 7.11 Å². The second-order valence-electron chi connectivity index (χ2n) is 4.94. The summed E-state index contributed by atoms with van der Waals surface area (Å²) in [4.78, 5) is 11.6. The number of hydrogen-bond donors (Lipinski definition) is 2. The fourth-order valence-corrected chi connectivity index (χ4v) is 2.74. The van der Waals surface area contributed by atoms with Crippen LogP contribution in [0.25, 0.3) is 0 Å². The molecule has 0 radical (unpaired) electrons. The third-order valence-corrected chi connectivity index (χ3v) is 3.79. The summed E-state index contributed by atoms with van der Waals surface area (Å²) in [6.07, 6.45) is 1.64. The summed E-state index contributed by atoms with van der Waals surface area (Å²) in [5, 5.41) is 6.30. The predicted molar refractivity (Wildman–Crippen MR) is 76.9 cm³/mol. The van der Waals surface area contributed by atoms with E-state index in [1.807, 2.05) is 24.3 Å². The molecule has 0 spiro atoms. The molecule has 1 atom stereocenters. The molecule has 0 aromatic heterocycles. The molecule has 2 N–H and O–H groups in total. The number of piperidine rings is 1. The van der Waals surface area contributed by atoms with Crippen LogP contribution in [0.2, 0.25) is 0 Å². The highest BCUT2D eigenvalue weighted by Crippen LogP contribution is 2.34. The van der Waals surface area contributed by atoms with Crippen LogP contribution in [0.3, 0.4) is 0 Å². The van der Waals surface area contributed by atoms with Crippen molar-refractivity contribution < 1.29 is 14.3 Å². The van der Waals surface area contributed by atoms with Crippen LogP contribution < -0.4 is 15.4 Å². The van der Waals surface area contributed by atoms with Crippen LogP contribution in [-0.2, 0) is 4.74 Å². The van der Waals surface area contributed by atoms with Gasteiger partial charge in [0, 0.05) is 5.56 Å². The molecule has 1 aliphatic heterocycles. The molecule has 5 nitrogen and oxygen atoms in total. The van der Waals surface area contributed by atoms with Crippen molar-refractivity contribution in [2.24, 2.45) is 5.92 Å². The average molecular weight is 278 g/mol. The molecule has 1 unspecified atom stereocenters. The van der Waals surface area contributed by atoms with Gasteiger partial charge < -0.3 is 20.1 Å². The van der Waals surface area contributed by atoms with Crippen LogP contribution in [0.15, 0.2) is 24.3 Å². The van der Waals surface area contributed by atoms with Gasteiger partial charge in [-0.15, -0.1) is 0 Å². The van der Waals surface area contributed by atoms with Crippen molar-refractivity contribution in [2.75, 3.05) is 27.3 Å². The Morgan fingerprint density at radius 1 is 1.30 bits per heavy atom. The molecule has 1 fully saturated rings. The number of carbonyl (C=O) groups is 1. The topological polar surface area (TPSA) is 59.6 Å². The van der Waals surface area contributed by atoms with E-state index < -0.39 is 6.09 Å². The van der Waals surface area contributed by atoms with Gasteiger partial charge in [-0.25, -0.2) is 4.79 Å². The molecule has 2 rings (SSSR count). The van der Waals surface area contributed by atoms with E-state index in [0.717, 1.165) is 37.2 Å². The quantitative estimate of drug-likeness (QED) is 0.885. The summed E-state index contributed by atoms with van der Waals surface area (Å²) >= 11 is 0. The van der Waals surface area contributed by atoms with Crippen molar-refractivity contribution in [2.45, 2.75) is 18.9 Å². The molecule has 1 aliphatic rings. The number of nitrogens with one attached hydrogen (secondary N) is 2. The summed E-state index contributed by atoms with van der Waals surface area (Å²) in [5.41, 5.74) is 1.01. The van der Waals surface area contributed by atoms with Gasteiger partial charge in [0.1, 0.15) is 5.75 Å². The molecule has 1 aromatic carbocycles. The van der Waals surface area contributed by atoms with Gasteiger partial charge in [-0.2, -0.15) is 0 Å². The number of ether oxygens (including phenoxy) is 2. The van der Waals surface area contributed by atoms with Crippen molar-refractivity contribution >= 4 is 6.09 Å². The smallest absolute Gasteiger partial charge is 0.407 e. The molecule has 0 aliphatic carbocycles. The molecule has 5 heteroatoms. The minimum atomic E-state index is -0.403. The zero-order valence-electron chi connectivity index (χ0n) is 12.0.